The van der Waals surface area contributed by atoms with E-state index in [1.165, 1.54) is 0 Å². The van der Waals surface area contributed by atoms with Crippen molar-refractivity contribution in [1.82, 2.24) is 0 Å². The molecule has 0 aliphatic heterocycles. The fourth-order valence-electron chi connectivity index (χ4n) is 3.84. The van der Waals surface area contributed by atoms with Gasteiger partial charge in [-0.1, -0.05) is 24.3 Å². The molecule has 0 bridgehead atoms. The summed E-state index contributed by atoms with van der Waals surface area (Å²) >= 11 is 0. The summed E-state index contributed by atoms with van der Waals surface area (Å²) in [5.41, 5.74) is 5.78. The maximum atomic E-state index is 10.3. The molecule has 0 saturated heterocycles. The molecule has 0 unspecified atom stereocenters. The molecule has 0 amide bonds. The van der Waals surface area contributed by atoms with Gasteiger partial charge in [0.15, 0.2) is 5.75 Å². The molecule has 3 N–H and O–H groups in total. The smallest absolute Gasteiger partial charge is 0.151 e. The van der Waals surface area contributed by atoms with E-state index in [0.29, 0.717) is 11.5 Å². The molecule has 0 saturated carbocycles. The van der Waals surface area contributed by atoms with Crippen LogP contribution in [0.5, 0.6) is 28.7 Å². The van der Waals surface area contributed by atoms with Gasteiger partial charge in [0.05, 0.1) is 17.1 Å². The summed E-state index contributed by atoms with van der Waals surface area (Å²) in [7, 11) is 0. The Balaban J connectivity index is 1.93. The van der Waals surface area contributed by atoms with E-state index in [2.05, 4.69) is 0 Å². The van der Waals surface area contributed by atoms with E-state index in [-0.39, 0.29) is 17.2 Å². The number of hydrogen-bond acceptors (Lipinski definition) is 5. The number of ether oxygens (including phenoxy) is 1. The average Bonchev–Trinajstić information content (AvgIpc) is 2.78. The van der Waals surface area contributed by atoms with Crippen molar-refractivity contribution in [3.8, 4) is 28.7 Å². The van der Waals surface area contributed by atoms with E-state index in [0.717, 1.165) is 39.3 Å². The van der Waals surface area contributed by atoms with Crippen molar-refractivity contribution in [3.63, 3.8) is 0 Å². The number of benzene rings is 4. The summed E-state index contributed by atoms with van der Waals surface area (Å²) in [4.78, 5) is 1.96. The van der Waals surface area contributed by atoms with Crippen LogP contribution in [0.3, 0.4) is 0 Å². The molecule has 33 heavy (non-hydrogen) atoms. The molecule has 0 aromatic heterocycles. The number of anilines is 3. The first-order valence-corrected chi connectivity index (χ1v) is 10.7. The Hall–Kier alpha value is -4.12. The zero-order chi connectivity index (χ0) is 23.7. The van der Waals surface area contributed by atoms with Gasteiger partial charge in [-0.3, -0.25) is 0 Å². The SMILES string of the molecule is Cc1cc(C)c(Oc2ccccc2N(c2cc(O)ccc2C)c2cc(O)ccc2C)cc1O. The molecule has 0 heterocycles. The predicted octanol–water partition coefficient (Wildman–Crippen LogP) is 7.30. The number of phenolic OH excluding ortho intramolecular Hbond substituents is 3. The van der Waals surface area contributed by atoms with Gasteiger partial charge < -0.3 is 25.0 Å². The summed E-state index contributed by atoms with van der Waals surface area (Å²) in [6.07, 6.45) is 0. The molecule has 5 heteroatoms. The molecule has 0 fully saturated rings. The largest absolute Gasteiger partial charge is 0.508 e. The highest BCUT2D eigenvalue weighted by Gasteiger charge is 2.22. The van der Waals surface area contributed by atoms with Gasteiger partial charge in [-0.25, -0.2) is 0 Å². The highest BCUT2D eigenvalue weighted by Crippen LogP contribution is 2.46. The normalized spacial score (nSPS) is 10.8. The number of rotatable bonds is 5. The number of nitrogens with zero attached hydrogens (tertiary/aromatic N) is 1. The van der Waals surface area contributed by atoms with Gasteiger partial charge >= 0.3 is 0 Å². The molecule has 0 radical (unpaired) electrons. The third-order valence-corrected chi connectivity index (χ3v) is 5.69. The first kappa shape index (κ1) is 22.1. The minimum Gasteiger partial charge on any atom is -0.508 e. The third-order valence-electron chi connectivity index (χ3n) is 5.69. The fraction of sp³-hybridized carbons (Fsp3) is 0.143. The lowest BCUT2D eigenvalue weighted by Crippen LogP contribution is -2.13. The van der Waals surface area contributed by atoms with Crippen LogP contribution in [-0.4, -0.2) is 15.3 Å². The lowest BCUT2D eigenvalue weighted by atomic mass is 10.1. The van der Waals surface area contributed by atoms with Crippen LogP contribution in [0, 0.1) is 27.7 Å². The fourth-order valence-corrected chi connectivity index (χ4v) is 3.84. The van der Waals surface area contributed by atoms with E-state index in [1.807, 2.05) is 75.1 Å². The highest BCUT2D eigenvalue weighted by atomic mass is 16.5. The lowest BCUT2D eigenvalue weighted by Gasteiger charge is -2.30. The van der Waals surface area contributed by atoms with Gasteiger partial charge in [0, 0.05) is 18.2 Å². The first-order chi connectivity index (χ1) is 15.7. The maximum Gasteiger partial charge on any atom is 0.151 e. The molecule has 0 spiro atoms. The second-order valence-electron chi connectivity index (χ2n) is 8.25. The second kappa shape index (κ2) is 8.79. The summed E-state index contributed by atoms with van der Waals surface area (Å²) in [5, 5.41) is 30.8. The Kier molecular flexibility index (Phi) is 5.88. The number of hydrogen-bond donors (Lipinski definition) is 3. The second-order valence-corrected chi connectivity index (χ2v) is 8.25. The summed E-state index contributed by atoms with van der Waals surface area (Å²) in [5.74, 6) is 1.55. The van der Waals surface area contributed by atoms with E-state index < -0.39 is 0 Å². The summed E-state index contributed by atoms with van der Waals surface area (Å²) in [6, 6.07) is 21.4. The molecule has 5 nitrogen and oxygen atoms in total. The van der Waals surface area contributed by atoms with Crippen LogP contribution >= 0.6 is 0 Å². The summed E-state index contributed by atoms with van der Waals surface area (Å²) in [6.45, 7) is 7.70. The van der Waals surface area contributed by atoms with Crippen molar-refractivity contribution in [3.05, 3.63) is 95.1 Å². The molecule has 4 aromatic rings. The molecular formula is C28H27NO4. The van der Waals surface area contributed by atoms with E-state index in [9.17, 15) is 15.3 Å². The Bertz CT molecular complexity index is 1280. The predicted molar refractivity (Wildman–Crippen MR) is 132 cm³/mol. The van der Waals surface area contributed by atoms with Gasteiger partial charge in [-0.05, 0) is 80.3 Å². The van der Waals surface area contributed by atoms with Gasteiger partial charge in [-0.15, -0.1) is 0 Å². The Morgan fingerprint density at radius 3 is 1.73 bits per heavy atom. The van der Waals surface area contributed by atoms with Crippen LogP contribution in [0.1, 0.15) is 22.3 Å². The molecule has 0 aliphatic carbocycles. The van der Waals surface area contributed by atoms with Crippen molar-refractivity contribution in [2.75, 3.05) is 4.90 Å². The van der Waals surface area contributed by atoms with E-state index in [4.69, 9.17) is 4.74 Å². The van der Waals surface area contributed by atoms with Crippen LogP contribution in [0.15, 0.2) is 72.8 Å². The zero-order valence-electron chi connectivity index (χ0n) is 19.1. The van der Waals surface area contributed by atoms with Crippen molar-refractivity contribution in [1.29, 1.82) is 0 Å². The lowest BCUT2D eigenvalue weighted by molar-refractivity contribution is 0.450. The molecular weight excluding hydrogens is 414 g/mol. The molecule has 0 atom stereocenters. The van der Waals surface area contributed by atoms with Gasteiger partial charge in [-0.2, -0.15) is 0 Å². The standard InChI is InChI=1S/C28H27NO4/c1-17-9-11-21(30)14-24(17)29(25-15-22(31)12-10-18(25)2)23-7-5-6-8-27(23)33-28-16-26(32)19(3)13-20(28)4/h5-16,30-32H,1-4H3. The van der Waals surface area contributed by atoms with Crippen molar-refractivity contribution < 1.29 is 20.1 Å². The van der Waals surface area contributed by atoms with Gasteiger partial charge in [0.2, 0.25) is 0 Å². The Morgan fingerprint density at radius 1 is 0.545 bits per heavy atom. The zero-order valence-corrected chi connectivity index (χ0v) is 19.1. The third kappa shape index (κ3) is 4.44. The van der Waals surface area contributed by atoms with Crippen LogP contribution in [-0.2, 0) is 0 Å². The number of aromatic hydroxyl groups is 3. The monoisotopic (exact) mass is 441 g/mol. The maximum absolute atomic E-state index is 10.3. The van der Waals surface area contributed by atoms with Crippen LogP contribution < -0.4 is 9.64 Å². The quantitative estimate of drug-likeness (QED) is 0.303. The molecule has 168 valence electrons. The Morgan fingerprint density at radius 2 is 1.12 bits per heavy atom. The number of para-hydroxylation sites is 2. The first-order valence-electron chi connectivity index (χ1n) is 10.7. The van der Waals surface area contributed by atoms with Crippen molar-refractivity contribution in [2.45, 2.75) is 27.7 Å². The van der Waals surface area contributed by atoms with E-state index in [1.54, 1.807) is 30.3 Å². The topological polar surface area (TPSA) is 73.2 Å². The molecule has 0 aliphatic rings. The minimum atomic E-state index is 0.135. The van der Waals surface area contributed by atoms with Crippen LogP contribution in [0.2, 0.25) is 0 Å². The highest BCUT2D eigenvalue weighted by molar-refractivity contribution is 5.84. The van der Waals surface area contributed by atoms with Crippen LogP contribution in [0.4, 0.5) is 17.1 Å². The number of aryl methyl sites for hydroxylation is 4. The average molecular weight is 442 g/mol. The minimum absolute atomic E-state index is 0.135. The Labute approximate surface area is 193 Å². The van der Waals surface area contributed by atoms with Gasteiger partial charge in [0.1, 0.15) is 23.0 Å². The van der Waals surface area contributed by atoms with Crippen LogP contribution in [0.25, 0.3) is 0 Å². The van der Waals surface area contributed by atoms with Crippen molar-refractivity contribution >= 4 is 17.1 Å². The van der Waals surface area contributed by atoms with Gasteiger partial charge in [0.25, 0.3) is 0 Å². The molecule has 4 aromatic carbocycles. The summed E-state index contributed by atoms with van der Waals surface area (Å²) < 4.78 is 6.31. The molecule has 4 rings (SSSR count). The van der Waals surface area contributed by atoms with Crippen molar-refractivity contribution in [2.24, 2.45) is 0 Å². The number of phenols is 3. The van der Waals surface area contributed by atoms with E-state index >= 15 is 0 Å².